The summed E-state index contributed by atoms with van der Waals surface area (Å²) < 4.78 is 18.3. The normalized spacial score (nSPS) is 11.1. The molecule has 0 atom stereocenters. The Bertz CT molecular complexity index is 1350. The van der Waals surface area contributed by atoms with Gasteiger partial charge in [0.25, 0.3) is 0 Å². The lowest BCUT2D eigenvalue weighted by Crippen LogP contribution is -2.03. The molecule has 0 saturated heterocycles. The molecule has 2 aromatic carbocycles. The van der Waals surface area contributed by atoms with Crippen molar-refractivity contribution in [2.75, 3.05) is 7.11 Å². The van der Waals surface area contributed by atoms with Gasteiger partial charge in [0.1, 0.15) is 11.5 Å². The average molecular weight is 480 g/mol. The summed E-state index contributed by atoms with van der Waals surface area (Å²) in [5.74, 6) is 3.67. The van der Waals surface area contributed by atoms with Crippen LogP contribution in [0.25, 0.3) is 22.8 Å². The van der Waals surface area contributed by atoms with Crippen LogP contribution in [0.15, 0.2) is 81.0 Å². The molecule has 0 amide bonds. The van der Waals surface area contributed by atoms with E-state index in [2.05, 4.69) is 20.3 Å². The summed E-state index contributed by atoms with van der Waals surface area (Å²) in [6, 6.07) is 18.8. The molecule has 0 unspecified atom stereocenters. The second-order valence-electron chi connectivity index (χ2n) is 7.01. The number of methoxy groups -OCH3 is 1. The molecule has 3 aromatic heterocycles. The lowest BCUT2D eigenvalue weighted by molar-refractivity contribution is 0.391. The number of benzene rings is 2. The van der Waals surface area contributed by atoms with Crippen LogP contribution >= 0.6 is 23.4 Å². The number of halogens is 1. The van der Waals surface area contributed by atoms with Crippen molar-refractivity contribution in [3.05, 3.63) is 83.6 Å². The molecule has 0 saturated carbocycles. The van der Waals surface area contributed by atoms with Gasteiger partial charge in [-0.05, 0) is 48.5 Å². The van der Waals surface area contributed by atoms with Crippen LogP contribution in [0.2, 0.25) is 5.02 Å². The molecule has 166 valence electrons. The van der Waals surface area contributed by atoms with Crippen molar-refractivity contribution < 1.29 is 13.7 Å². The van der Waals surface area contributed by atoms with Gasteiger partial charge in [-0.3, -0.25) is 4.57 Å². The summed E-state index contributed by atoms with van der Waals surface area (Å²) in [6.07, 6.45) is 1.65. The van der Waals surface area contributed by atoms with Crippen molar-refractivity contribution in [1.29, 1.82) is 0 Å². The highest BCUT2D eigenvalue weighted by molar-refractivity contribution is 7.98. The minimum Gasteiger partial charge on any atom is -0.497 e. The smallest absolute Gasteiger partial charge is 0.237 e. The Hall–Kier alpha value is -3.56. The Morgan fingerprint density at radius 3 is 2.70 bits per heavy atom. The average Bonchev–Trinajstić information content (AvgIpc) is 3.61. The predicted octanol–water partition coefficient (Wildman–Crippen LogP) is 5.59. The summed E-state index contributed by atoms with van der Waals surface area (Å²) in [5.41, 5.74) is 1.73. The third-order valence-electron chi connectivity index (χ3n) is 4.83. The van der Waals surface area contributed by atoms with Gasteiger partial charge in [0, 0.05) is 16.1 Å². The highest BCUT2D eigenvalue weighted by Gasteiger charge is 2.18. The number of hydrogen-bond donors (Lipinski definition) is 0. The fraction of sp³-hybridized carbons (Fsp3) is 0.130. The van der Waals surface area contributed by atoms with Gasteiger partial charge < -0.3 is 13.7 Å². The van der Waals surface area contributed by atoms with Crippen LogP contribution in [0, 0.1) is 0 Å². The molecule has 8 nitrogen and oxygen atoms in total. The van der Waals surface area contributed by atoms with Crippen LogP contribution in [-0.2, 0) is 12.3 Å². The summed E-state index contributed by atoms with van der Waals surface area (Å²) in [6.45, 7) is 0.485. The fourth-order valence-corrected chi connectivity index (χ4v) is 4.13. The molecule has 10 heteroatoms. The van der Waals surface area contributed by atoms with Gasteiger partial charge in [-0.15, -0.1) is 10.2 Å². The zero-order valence-corrected chi connectivity index (χ0v) is 19.1. The predicted molar refractivity (Wildman–Crippen MR) is 124 cm³/mol. The number of thioether (sulfide) groups is 1. The first kappa shape index (κ1) is 21.3. The van der Waals surface area contributed by atoms with Crippen LogP contribution in [0.3, 0.4) is 0 Å². The van der Waals surface area contributed by atoms with E-state index in [0.29, 0.717) is 40.0 Å². The molecule has 0 aliphatic heterocycles. The summed E-state index contributed by atoms with van der Waals surface area (Å²) >= 11 is 7.51. The van der Waals surface area contributed by atoms with Gasteiger partial charge in [0.2, 0.25) is 11.7 Å². The number of hydrogen-bond acceptors (Lipinski definition) is 8. The zero-order valence-electron chi connectivity index (χ0n) is 17.5. The van der Waals surface area contributed by atoms with Crippen LogP contribution in [0.5, 0.6) is 5.75 Å². The standard InChI is InChI=1S/C23H18ClN5O3S/c1-30-18-5-2-4-16(12-18)21-25-20(32-28-21)14-33-23-27-26-22(15-7-9-17(24)10-8-15)29(23)13-19-6-3-11-31-19/h2-12H,13-14H2,1H3. The Morgan fingerprint density at radius 2 is 1.91 bits per heavy atom. The first-order valence-corrected chi connectivity index (χ1v) is 11.4. The molecular weight excluding hydrogens is 462 g/mol. The van der Waals surface area contributed by atoms with Gasteiger partial charge in [-0.2, -0.15) is 4.98 Å². The van der Waals surface area contributed by atoms with Crippen molar-refractivity contribution in [3.8, 4) is 28.5 Å². The minimum absolute atomic E-state index is 0.438. The summed E-state index contributed by atoms with van der Waals surface area (Å²) in [4.78, 5) is 4.51. The molecule has 3 heterocycles. The third kappa shape index (κ3) is 4.79. The molecule has 0 radical (unpaired) electrons. The SMILES string of the molecule is COc1cccc(-c2noc(CSc3nnc(-c4ccc(Cl)cc4)n3Cc3ccco3)n2)c1. The molecule has 5 rings (SSSR count). The van der Waals surface area contributed by atoms with E-state index in [1.165, 1.54) is 11.8 Å². The van der Waals surface area contributed by atoms with Gasteiger partial charge >= 0.3 is 0 Å². The van der Waals surface area contributed by atoms with Crippen LogP contribution in [0.4, 0.5) is 0 Å². The second-order valence-corrected chi connectivity index (χ2v) is 8.39. The van der Waals surface area contributed by atoms with E-state index in [9.17, 15) is 0 Å². The quantitative estimate of drug-likeness (QED) is 0.266. The lowest BCUT2D eigenvalue weighted by Gasteiger charge is -2.08. The van der Waals surface area contributed by atoms with Crippen molar-refractivity contribution >= 4 is 23.4 Å². The van der Waals surface area contributed by atoms with Gasteiger partial charge in [-0.1, -0.05) is 40.7 Å². The first-order valence-electron chi connectivity index (χ1n) is 10.0. The van der Waals surface area contributed by atoms with E-state index in [-0.39, 0.29) is 0 Å². The van der Waals surface area contributed by atoms with E-state index in [1.54, 1.807) is 13.4 Å². The van der Waals surface area contributed by atoms with Gasteiger partial charge in [-0.25, -0.2) is 0 Å². The van der Waals surface area contributed by atoms with Crippen molar-refractivity contribution in [3.63, 3.8) is 0 Å². The van der Waals surface area contributed by atoms with Crippen LogP contribution < -0.4 is 4.74 Å². The van der Waals surface area contributed by atoms with Gasteiger partial charge in [0.05, 0.1) is 25.7 Å². The molecule has 5 aromatic rings. The number of aromatic nitrogens is 5. The number of nitrogens with zero attached hydrogens (tertiary/aromatic N) is 5. The van der Waals surface area contributed by atoms with E-state index < -0.39 is 0 Å². The topological polar surface area (TPSA) is 92.0 Å². The minimum atomic E-state index is 0.438. The first-order chi connectivity index (χ1) is 16.2. The van der Waals surface area contributed by atoms with Crippen molar-refractivity contribution in [1.82, 2.24) is 24.9 Å². The number of ether oxygens (including phenoxy) is 1. The van der Waals surface area contributed by atoms with E-state index in [0.717, 1.165) is 22.6 Å². The zero-order chi connectivity index (χ0) is 22.6. The van der Waals surface area contributed by atoms with Crippen LogP contribution in [-0.4, -0.2) is 32.0 Å². The van der Waals surface area contributed by atoms with Gasteiger partial charge in [0.15, 0.2) is 11.0 Å². The van der Waals surface area contributed by atoms with E-state index in [4.69, 9.17) is 25.3 Å². The lowest BCUT2D eigenvalue weighted by atomic mass is 10.2. The maximum absolute atomic E-state index is 6.05. The molecule has 0 bridgehead atoms. The second kappa shape index (κ2) is 9.51. The molecule has 0 N–H and O–H groups in total. The van der Waals surface area contributed by atoms with Crippen molar-refractivity contribution in [2.24, 2.45) is 0 Å². The molecule has 0 spiro atoms. The summed E-state index contributed by atoms with van der Waals surface area (Å²) in [5, 5.41) is 14.3. The molecular formula is C23H18ClN5O3S. The third-order valence-corrected chi connectivity index (χ3v) is 6.04. The Labute approximate surface area is 198 Å². The molecule has 0 aliphatic rings. The number of furan rings is 1. The molecule has 33 heavy (non-hydrogen) atoms. The van der Waals surface area contributed by atoms with Crippen LogP contribution in [0.1, 0.15) is 11.7 Å². The van der Waals surface area contributed by atoms with Crippen molar-refractivity contribution in [2.45, 2.75) is 17.5 Å². The van der Waals surface area contributed by atoms with E-state index >= 15 is 0 Å². The fourth-order valence-electron chi connectivity index (χ4n) is 3.23. The summed E-state index contributed by atoms with van der Waals surface area (Å²) in [7, 11) is 1.62. The highest BCUT2D eigenvalue weighted by Crippen LogP contribution is 2.29. The Morgan fingerprint density at radius 1 is 1.03 bits per heavy atom. The molecule has 0 fully saturated rings. The maximum atomic E-state index is 6.05. The molecule has 0 aliphatic carbocycles. The van der Waals surface area contributed by atoms with E-state index in [1.807, 2.05) is 65.2 Å². The number of rotatable bonds is 8. The highest BCUT2D eigenvalue weighted by atomic mass is 35.5. The Kier molecular flexibility index (Phi) is 6.14. The maximum Gasteiger partial charge on any atom is 0.237 e. The Balaban J connectivity index is 1.38. The monoisotopic (exact) mass is 479 g/mol. The largest absolute Gasteiger partial charge is 0.497 e.